The standard InChI is InChI=1S/C21H28N4O/c1-17-9-11-19(12-10-17)16-25(3)21(22-2)24-15-20(26)23-14-13-18-7-5-4-6-8-18/h4-12H,13-16H2,1-3H3,(H,22,24)(H,23,26). The Hall–Kier alpha value is -2.82. The van der Waals surface area contributed by atoms with Gasteiger partial charge in [-0.15, -0.1) is 0 Å². The van der Waals surface area contributed by atoms with Crippen molar-refractivity contribution in [3.63, 3.8) is 0 Å². The molecule has 0 bridgehead atoms. The molecule has 2 N–H and O–H groups in total. The van der Waals surface area contributed by atoms with E-state index in [0.717, 1.165) is 13.0 Å². The van der Waals surface area contributed by atoms with E-state index in [0.29, 0.717) is 12.5 Å². The van der Waals surface area contributed by atoms with Crippen LogP contribution < -0.4 is 10.6 Å². The second kappa shape index (κ2) is 10.2. The van der Waals surface area contributed by atoms with Gasteiger partial charge in [-0.1, -0.05) is 60.2 Å². The van der Waals surface area contributed by atoms with Gasteiger partial charge in [-0.2, -0.15) is 0 Å². The maximum atomic E-state index is 12.0. The largest absolute Gasteiger partial charge is 0.354 e. The van der Waals surface area contributed by atoms with Crippen LogP contribution in [0.2, 0.25) is 0 Å². The number of benzene rings is 2. The molecule has 2 rings (SSSR count). The van der Waals surface area contributed by atoms with E-state index in [2.05, 4.69) is 58.9 Å². The van der Waals surface area contributed by atoms with Crippen LogP contribution >= 0.6 is 0 Å². The van der Waals surface area contributed by atoms with Crippen molar-refractivity contribution in [3.8, 4) is 0 Å². The minimum Gasteiger partial charge on any atom is -0.354 e. The monoisotopic (exact) mass is 352 g/mol. The van der Waals surface area contributed by atoms with Crippen LogP contribution in [0.5, 0.6) is 0 Å². The predicted octanol–water partition coefficient (Wildman–Crippen LogP) is 2.36. The van der Waals surface area contributed by atoms with Crippen LogP contribution in [0.4, 0.5) is 0 Å². The van der Waals surface area contributed by atoms with Gasteiger partial charge < -0.3 is 15.5 Å². The van der Waals surface area contributed by atoms with E-state index in [4.69, 9.17) is 0 Å². The fraction of sp³-hybridized carbons (Fsp3) is 0.333. The van der Waals surface area contributed by atoms with Gasteiger partial charge in [0.1, 0.15) is 0 Å². The van der Waals surface area contributed by atoms with E-state index in [1.165, 1.54) is 16.7 Å². The van der Waals surface area contributed by atoms with E-state index >= 15 is 0 Å². The third-order valence-electron chi connectivity index (χ3n) is 4.10. The molecule has 138 valence electrons. The third-order valence-corrected chi connectivity index (χ3v) is 4.10. The van der Waals surface area contributed by atoms with Gasteiger partial charge in [0.25, 0.3) is 0 Å². The lowest BCUT2D eigenvalue weighted by molar-refractivity contribution is -0.120. The topological polar surface area (TPSA) is 56.7 Å². The number of carbonyl (C=O) groups is 1. The van der Waals surface area contributed by atoms with Gasteiger partial charge in [0.2, 0.25) is 5.91 Å². The summed E-state index contributed by atoms with van der Waals surface area (Å²) in [4.78, 5) is 18.3. The number of aryl methyl sites for hydroxylation is 1. The predicted molar refractivity (Wildman–Crippen MR) is 107 cm³/mol. The van der Waals surface area contributed by atoms with Crippen LogP contribution in [0.15, 0.2) is 59.6 Å². The summed E-state index contributed by atoms with van der Waals surface area (Å²) in [5.74, 6) is 0.662. The highest BCUT2D eigenvalue weighted by Gasteiger charge is 2.08. The molecular weight excluding hydrogens is 324 g/mol. The average molecular weight is 352 g/mol. The Balaban J connectivity index is 1.73. The van der Waals surface area contributed by atoms with E-state index in [1.807, 2.05) is 30.1 Å². The molecule has 0 unspecified atom stereocenters. The van der Waals surface area contributed by atoms with Gasteiger partial charge in [0.05, 0.1) is 6.54 Å². The van der Waals surface area contributed by atoms with Gasteiger partial charge in [-0.3, -0.25) is 9.79 Å². The van der Waals surface area contributed by atoms with E-state index in [-0.39, 0.29) is 12.5 Å². The Morgan fingerprint density at radius 1 is 1.00 bits per heavy atom. The summed E-state index contributed by atoms with van der Waals surface area (Å²) in [6, 6.07) is 18.5. The summed E-state index contributed by atoms with van der Waals surface area (Å²) in [7, 11) is 3.68. The lowest BCUT2D eigenvalue weighted by Crippen LogP contribution is -2.44. The van der Waals surface area contributed by atoms with Crippen molar-refractivity contribution in [2.75, 3.05) is 27.2 Å². The van der Waals surface area contributed by atoms with Crippen LogP contribution in [0.25, 0.3) is 0 Å². The van der Waals surface area contributed by atoms with Crippen LogP contribution in [-0.2, 0) is 17.8 Å². The highest BCUT2D eigenvalue weighted by atomic mass is 16.1. The number of aliphatic imine (C=N–C) groups is 1. The zero-order valence-corrected chi connectivity index (χ0v) is 15.8. The van der Waals surface area contributed by atoms with Crippen molar-refractivity contribution in [2.45, 2.75) is 19.9 Å². The molecule has 2 aromatic carbocycles. The Labute approximate surface area is 156 Å². The van der Waals surface area contributed by atoms with Crippen molar-refractivity contribution < 1.29 is 4.79 Å². The molecule has 0 spiro atoms. The van der Waals surface area contributed by atoms with Gasteiger partial charge in [0, 0.05) is 27.2 Å². The highest BCUT2D eigenvalue weighted by Crippen LogP contribution is 2.06. The maximum absolute atomic E-state index is 12.0. The first kappa shape index (κ1) is 19.5. The summed E-state index contributed by atoms with van der Waals surface area (Å²) in [5, 5.41) is 6.04. The summed E-state index contributed by atoms with van der Waals surface area (Å²) in [6.45, 7) is 3.64. The summed E-state index contributed by atoms with van der Waals surface area (Å²) < 4.78 is 0. The lowest BCUT2D eigenvalue weighted by atomic mass is 10.1. The third kappa shape index (κ3) is 6.59. The first-order valence-electron chi connectivity index (χ1n) is 8.86. The number of nitrogens with zero attached hydrogens (tertiary/aromatic N) is 2. The van der Waals surface area contributed by atoms with E-state index in [1.54, 1.807) is 7.05 Å². The maximum Gasteiger partial charge on any atom is 0.239 e. The van der Waals surface area contributed by atoms with Crippen molar-refractivity contribution in [3.05, 3.63) is 71.3 Å². The number of guanidine groups is 1. The van der Waals surface area contributed by atoms with Crippen molar-refractivity contribution in [1.82, 2.24) is 15.5 Å². The molecule has 0 aliphatic rings. The summed E-state index contributed by atoms with van der Waals surface area (Å²) in [6.07, 6.45) is 0.828. The highest BCUT2D eigenvalue weighted by molar-refractivity contribution is 5.86. The number of amides is 1. The molecule has 2 aromatic rings. The Bertz CT molecular complexity index is 711. The van der Waals surface area contributed by atoms with Gasteiger partial charge >= 0.3 is 0 Å². The molecule has 0 aromatic heterocycles. The van der Waals surface area contributed by atoms with Crippen LogP contribution in [0, 0.1) is 6.92 Å². The molecule has 0 atom stereocenters. The Kier molecular flexibility index (Phi) is 7.68. The minimum absolute atomic E-state index is 0.0363. The zero-order valence-electron chi connectivity index (χ0n) is 15.8. The number of carbonyl (C=O) groups excluding carboxylic acids is 1. The van der Waals surface area contributed by atoms with Gasteiger partial charge in [-0.25, -0.2) is 0 Å². The molecule has 0 saturated heterocycles. The smallest absolute Gasteiger partial charge is 0.239 e. The molecule has 1 amide bonds. The normalized spacial score (nSPS) is 11.1. The van der Waals surface area contributed by atoms with Crippen molar-refractivity contribution in [1.29, 1.82) is 0 Å². The SMILES string of the molecule is CN=C(NCC(=O)NCCc1ccccc1)N(C)Cc1ccc(C)cc1. The Morgan fingerprint density at radius 2 is 1.69 bits per heavy atom. The first-order chi connectivity index (χ1) is 12.6. The molecule has 5 heteroatoms. The molecule has 0 aliphatic carbocycles. The van der Waals surface area contributed by atoms with Gasteiger partial charge in [-0.05, 0) is 24.5 Å². The molecule has 0 radical (unpaired) electrons. The second-order valence-electron chi connectivity index (χ2n) is 6.33. The average Bonchev–Trinajstić information content (AvgIpc) is 2.65. The molecular formula is C21H28N4O. The van der Waals surface area contributed by atoms with Crippen molar-refractivity contribution >= 4 is 11.9 Å². The quantitative estimate of drug-likeness (QED) is 0.594. The van der Waals surface area contributed by atoms with E-state index in [9.17, 15) is 4.79 Å². The summed E-state index contributed by atoms with van der Waals surface area (Å²) >= 11 is 0. The van der Waals surface area contributed by atoms with Crippen molar-refractivity contribution in [2.24, 2.45) is 4.99 Å². The number of hydrogen-bond acceptors (Lipinski definition) is 2. The van der Waals surface area contributed by atoms with Crippen LogP contribution in [-0.4, -0.2) is 44.0 Å². The number of nitrogens with one attached hydrogen (secondary N) is 2. The first-order valence-corrected chi connectivity index (χ1v) is 8.86. The Morgan fingerprint density at radius 3 is 2.35 bits per heavy atom. The fourth-order valence-electron chi connectivity index (χ4n) is 2.64. The number of rotatable bonds is 7. The second-order valence-corrected chi connectivity index (χ2v) is 6.33. The number of hydrogen-bond donors (Lipinski definition) is 2. The molecule has 5 nitrogen and oxygen atoms in total. The lowest BCUT2D eigenvalue weighted by Gasteiger charge is -2.22. The van der Waals surface area contributed by atoms with E-state index < -0.39 is 0 Å². The molecule has 0 aliphatic heterocycles. The molecule has 26 heavy (non-hydrogen) atoms. The van der Waals surface area contributed by atoms with Crippen LogP contribution in [0.1, 0.15) is 16.7 Å². The molecule has 0 saturated carbocycles. The molecule has 0 fully saturated rings. The van der Waals surface area contributed by atoms with Crippen LogP contribution in [0.3, 0.4) is 0 Å². The summed E-state index contributed by atoms with van der Waals surface area (Å²) in [5.41, 5.74) is 3.66. The fourth-order valence-corrected chi connectivity index (χ4v) is 2.64. The van der Waals surface area contributed by atoms with Gasteiger partial charge in [0.15, 0.2) is 5.96 Å². The minimum atomic E-state index is -0.0363. The zero-order chi connectivity index (χ0) is 18.8. The molecule has 0 heterocycles.